The molecule has 1 unspecified atom stereocenters. The number of amides is 7. The Labute approximate surface area is 450 Å². The zero-order valence-electron chi connectivity index (χ0n) is 43.2. The van der Waals surface area contributed by atoms with Crippen molar-refractivity contribution in [3.8, 4) is 5.75 Å². The summed E-state index contributed by atoms with van der Waals surface area (Å²) < 4.78 is 5.28. The van der Waals surface area contributed by atoms with Gasteiger partial charge in [-0.25, -0.2) is 0 Å². The van der Waals surface area contributed by atoms with E-state index in [1.165, 1.54) is 33.1 Å². The summed E-state index contributed by atoms with van der Waals surface area (Å²) in [5, 5.41) is 46.5. The Hall–Kier alpha value is -7.14. The SMILES string of the molecule is COc1ccc(C[C@@H](CN[C@@H](CCCN=C(N)N)C(=O)O)NC(=O)[C@@H]2CCCN2C(=O)[C@H](CO)NC(=O)[C@H](Cc2cccs2)NC(=O)CNC(=O)[C@@H]2C[C@@H](O)CN2C(=O)C2CCCN2C(=O)[C@@H](N)CCCN=C(N)N)cc1. The topological polar surface area (TPSA) is 431 Å². The third kappa shape index (κ3) is 18.3. The van der Waals surface area contributed by atoms with E-state index in [0.29, 0.717) is 42.7 Å². The molecule has 3 aliphatic rings. The Bertz CT molecular complexity index is 2390. The Morgan fingerprint density at radius 2 is 1.43 bits per heavy atom. The Morgan fingerprint density at radius 1 is 0.779 bits per heavy atom. The number of carboxylic acid groups (broad SMARTS) is 1. The van der Waals surface area contributed by atoms with E-state index in [1.54, 1.807) is 29.6 Å². The first-order chi connectivity index (χ1) is 36.8. The quantitative estimate of drug-likeness (QED) is 0.0208. The minimum atomic E-state index is -1.54. The van der Waals surface area contributed by atoms with Gasteiger partial charge in [0.1, 0.15) is 42.0 Å². The highest BCUT2D eigenvalue weighted by Gasteiger charge is 2.45. The third-order valence-corrected chi connectivity index (χ3v) is 14.4. The number of rotatable bonds is 29. The van der Waals surface area contributed by atoms with Gasteiger partial charge in [-0.05, 0) is 86.9 Å². The first-order valence-corrected chi connectivity index (χ1v) is 26.5. The van der Waals surface area contributed by atoms with Crippen molar-refractivity contribution in [3.63, 3.8) is 0 Å². The molecule has 0 saturated carbocycles. The van der Waals surface area contributed by atoms with Crippen LogP contribution >= 0.6 is 11.3 Å². The molecule has 18 N–H and O–H groups in total. The van der Waals surface area contributed by atoms with Gasteiger partial charge in [0.05, 0.1) is 32.4 Å². The summed E-state index contributed by atoms with van der Waals surface area (Å²) in [6, 6.07) is 2.01. The maximum atomic E-state index is 14.2. The van der Waals surface area contributed by atoms with E-state index >= 15 is 0 Å². The van der Waals surface area contributed by atoms with Crippen molar-refractivity contribution >= 4 is 70.6 Å². The molecule has 3 fully saturated rings. The molecule has 9 atom stereocenters. The van der Waals surface area contributed by atoms with Crippen molar-refractivity contribution in [2.45, 2.75) is 125 Å². The Kier molecular flexibility index (Phi) is 23.6. The maximum absolute atomic E-state index is 14.2. The zero-order chi connectivity index (χ0) is 56.2. The van der Waals surface area contributed by atoms with Crippen LogP contribution in [0.5, 0.6) is 5.75 Å². The van der Waals surface area contributed by atoms with Crippen LogP contribution in [0.25, 0.3) is 0 Å². The van der Waals surface area contributed by atoms with E-state index in [9.17, 15) is 53.7 Å². The van der Waals surface area contributed by atoms with E-state index in [2.05, 4.69) is 36.6 Å². The molecule has 5 rings (SSSR count). The molecule has 4 heterocycles. The number of nitrogens with zero attached hydrogens (tertiary/aromatic N) is 5. The molecule has 424 valence electrons. The van der Waals surface area contributed by atoms with Crippen molar-refractivity contribution in [1.82, 2.24) is 41.3 Å². The van der Waals surface area contributed by atoms with Crippen LogP contribution in [0, 0.1) is 0 Å². The normalized spacial score (nSPS) is 20.0. The number of thiophene rings is 1. The van der Waals surface area contributed by atoms with Gasteiger partial charge in [-0.1, -0.05) is 18.2 Å². The van der Waals surface area contributed by atoms with Crippen LogP contribution in [0.3, 0.4) is 0 Å². The van der Waals surface area contributed by atoms with Gasteiger partial charge in [-0.15, -0.1) is 11.3 Å². The van der Waals surface area contributed by atoms with Gasteiger partial charge in [0.2, 0.25) is 41.4 Å². The summed E-state index contributed by atoms with van der Waals surface area (Å²) in [6.07, 6.45) is 1.75. The molecule has 0 spiro atoms. The predicted molar refractivity (Wildman–Crippen MR) is 283 cm³/mol. The molecule has 28 heteroatoms. The summed E-state index contributed by atoms with van der Waals surface area (Å²) >= 11 is 1.30. The van der Waals surface area contributed by atoms with E-state index < -0.39 is 115 Å². The fourth-order valence-corrected chi connectivity index (χ4v) is 10.3. The lowest BCUT2D eigenvalue weighted by Gasteiger charge is -2.32. The number of methoxy groups -OCH3 is 1. The number of aliphatic hydroxyl groups excluding tert-OH is 2. The number of nitrogens with two attached hydrogens (primary N) is 5. The lowest BCUT2D eigenvalue weighted by Crippen LogP contribution is -2.59. The molecule has 1 aromatic carbocycles. The first kappa shape index (κ1) is 60.7. The number of carboxylic acids is 1. The average Bonchev–Trinajstić information content (AvgIpc) is 4.26. The highest BCUT2D eigenvalue weighted by molar-refractivity contribution is 7.09. The second kappa shape index (κ2) is 30.0. The van der Waals surface area contributed by atoms with E-state index in [0.717, 1.165) is 5.56 Å². The first-order valence-electron chi connectivity index (χ1n) is 25.7. The number of hydrogen-bond donors (Lipinski definition) is 13. The predicted octanol–water partition coefficient (Wildman–Crippen LogP) is -4.47. The standard InChI is InChI=1S/C49H75N15O12S/c1-76-31-14-12-28(13-15-31)21-29(24-57-34(47(74)75)9-3-17-56-49(53)54)59-43(70)37-10-4-18-62(37)45(72)36(27-65)61-41(68)35(23-32-7-6-20-77-32)60-40(67)25-58-42(69)39-22-30(66)26-64(39)46(73)38-11-5-19-63(38)44(71)33(50)8-2-16-55-48(51)52/h6-7,12-15,20,29-30,33-39,57,65-66H,2-5,8-11,16-19,21-27,50H2,1H3,(H,58,69)(H,59,70)(H,60,67)(H,61,68)(H,74,75)(H4,51,52,55)(H4,53,54,56)/t29-,30+,33-,34-,35-,36-,37-,38?,39-/m0/s1. The zero-order valence-corrected chi connectivity index (χ0v) is 44.0. The minimum Gasteiger partial charge on any atom is -0.497 e. The number of nitrogens with one attached hydrogen (secondary N) is 5. The molecule has 7 amide bonds. The van der Waals surface area contributed by atoms with Crippen molar-refractivity contribution < 1.29 is 58.4 Å². The lowest BCUT2D eigenvalue weighted by atomic mass is 10.0. The van der Waals surface area contributed by atoms with Gasteiger partial charge in [-0.3, -0.25) is 48.3 Å². The van der Waals surface area contributed by atoms with E-state index in [1.807, 2.05) is 12.1 Å². The maximum Gasteiger partial charge on any atom is 0.320 e. The van der Waals surface area contributed by atoms with Crippen molar-refractivity contribution in [2.75, 3.05) is 59.5 Å². The van der Waals surface area contributed by atoms with Crippen molar-refractivity contribution in [2.24, 2.45) is 38.7 Å². The lowest BCUT2D eigenvalue weighted by molar-refractivity contribution is -0.147. The molecule has 1 aromatic heterocycles. The van der Waals surface area contributed by atoms with Crippen LogP contribution in [0.15, 0.2) is 51.8 Å². The van der Waals surface area contributed by atoms with E-state index in [-0.39, 0.29) is 89.7 Å². The highest BCUT2D eigenvalue weighted by Crippen LogP contribution is 2.27. The average molecular weight is 1100 g/mol. The van der Waals surface area contributed by atoms with Gasteiger partial charge in [0, 0.05) is 63.0 Å². The second-order valence-electron chi connectivity index (χ2n) is 19.2. The monoisotopic (exact) mass is 1100 g/mol. The van der Waals surface area contributed by atoms with Gasteiger partial charge >= 0.3 is 5.97 Å². The summed E-state index contributed by atoms with van der Waals surface area (Å²) in [6.45, 7) is -0.800. The minimum absolute atomic E-state index is 0.0278. The fraction of sp³-hybridized carbons (Fsp3) is 0.592. The van der Waals surface area contributed by atoms with Gasteiger partial charge in [0.15, 0.2) is 11.9 Å². The Morgan fingerprint density at radius 3 is 2.04 bits per heavy atom. The largest absolute Gasteiger partial charge is 0.497 e. The molecule has 27 nitrogen and oxygen atoms in total. The third-order valence-electron chi connectivity index (χ3n) is 13.5. The summed E-state index contributed by atoms with van der Waals surface area (Å²) in [5.74, 6) is -5.40. The van der Waals surface area contributed by atoms with Crippen LogP contribution in [-0.2, 0) is 51.2 Å². The molecule has 3 saturated heterocycles. The smallest absolute Gasteiger partial charge is 0.320 e. The molecular formula is C49H75N15O12S. The van der Waals surface area contributed by atoms with E-state index in [4.69, 9.17) is 33.4 Å². The van der Waals surface area contributed by atoms with Crippen LogP contribution in [0.4, 0.5) is 0 Å². The molecule has 3 aliphatic heterocycles. The van der Waals surface area contributed by atoms with Crippen LogP contribution in [-0.4, -0.2) is 203 Å². The van der Waals surface area contributed by atoms with Gasteiger partial charge < -0.3 is 90.0 Å². The van der Waals surface area contributed by atoms with Crippen LogP contribution in [0.2, 0.25) is 0 Å². The number of aliphatic hydroxyl groups is 2. The van der Waals surface area contributed by atoms with Gasteiger partial charge in [-0.2, -0.15) is 0 Å². The number of hydrogen-bond acceptors (Lipinski definition) is 16. The molecule has 77 heavy (non-hydrogen) atoms. The van der Waals surface area contributed by atoms with Gasteiger partial charge in [0.25, 0.3) is 0 Å². The number of β-amino-alcohol motifs (C(OH)–C–C–N with tert-alkyl or cyclic N) is 1. The van der Waals surface area contributed by atoms with Crippen LogP contribution in [0.1, 0.15) is 68.2 Å². The Balaban J connectivity index is 1.20. The number of aliphatic carboxylic acids is 1. The number of likely N-dealkylation sites (tertiary alicyclic amines) is 3. The summed E-state index contributed by atoms with van der Waals surface area (Å²) in [7, 11) is 1.53. The fourth-order valence-electron chi connectivity index (χ4n) is 9.59. The second-order valence-corrected chi connectivity index (χ2v) is 20.2. The summed E-state index contributed by atoms with van der Waals surface area (Å²) in [5.41, 5.74) is 28.5. The number of carbonyl (C=O) groups excluding carboxylic acids is 7. The highest BCUT2D eigenvalue weighted by atomic mass is 32.1. The van der Waals surface area contributed by atoms with Crippen LogP contribution < -0.4 is 60.0 Å². The molecule has 2 aromatic rings. The molecule has 0 radical (unpaired) electrons. The van der Waals surface area contributed by atoms with Crippen molar-refractivity contribution in [3.05, 3.63) is 52.2 Å². The number of ether oxygens (including phenoxy) is 1. The number of guanidine groups is 2. The molecule has 0 aliphatic carbocycles. The van der Waals surface area contributed by atoms with Crippen molar-refractivity contribution in [1.29, 1.82) is 0 Å². The molecule has 0 bridgehead atoms. The number of benzene rings is 1. The molecular weight excluding hydrogens is 1020 g/mol. The number of aliphatic imine (C=N–C) groups is 2. The summed E-state index contributed by atoms with van der Waals surface area (Å²) in [4.78, 5) is 121. The number of carbonyl (C=O) groups is 8.